The Morgan fingerprint density at radius 3 is 2.64 bits per heavy atom. The monoisotopic (exact) mass is 379 g/mol. The predicted octanol–water partition coefficient (Wildman–Crippen LogP) is 3.58. The van der Waals surface area contributed by atoms with Crippen LogP contribution in [0.3, 0.4) is 0 Å². The molecule has 6 heteroatoms. The molecule has 1 fully saturated rings. The first kappa shape index (κ1) is 18.3. The van der Waals surface area contributed by atoms with E-state index < -0.39 is 11.4 Å². The Morgan fingerprint density at radius 1 is 1.11 bits per heavy atom. The molecule has 0 radical (unpaired) electrons. The Kier molecular flexibility index (Phi) is 4.71. The van der Waals surface area contributed by atoms with Gasteiger partial charge in [-0.25, -0.2) is 4.79 Å². The van der Waals surface area contributed by atoms with E-state index >= 15 is 0 Å². The van der Waals surface area contributed by atoms with Crippen molar-refractivity contribution in [1.29, 1.82) is 0 Å². The van der Waals surface area contributed by atoms with E-state index in [0.29, 0.717) is 13.0 Å². The Labute approximate surface area is 164 Å². The fourth-order valence-electron chi connectivity index (χ4n) is 4.06. The highest BCUT2D eigenvalue weighted by atomic mass is 16.4. The fourth-order valence-corrected chi connectivity index (χ4v) is 4.06. The molecule has 4 rings (SSSR count). The molecule has 1 saturated heterocycles. The van der Waals surface area contributed by atoms with Gasteiger partial charge in [-0.2, -0.15) is 0 Å². The molecule has 2 amide bonds. The van der Waals surface area contributed by atoms with Gasteiger partial charge in [0, 0.05) is 37.6 Å². The normalized spacial score (nSPS) is 20.9. The van der Waals surface area contributed by atoms with Gasteiger partial charge < -0.3 is 20.2 Å². The molecular formula is C22H25N3O3. The zero-order valence-corrected chi connectivity index (χ0v) is 16.0. The number of fused-ring (bicyclic) bond motifs is 1. The summed E-state index contributed by atoms with van der Waals surface area (Å²) in [6, 6.07) is 16.0. The first-order valence-corrected chi connectivity index (χ1v) is 9.66. The minimum absolute atomic E-state index is 0.232. The average Bonchev–Trinajstić information content (AvgIpc) is 3.28. The maximum atomic E-state index is 12.7. The van der Waals surface area contributed by atoms with E-state index in [2.05, 4.69) is 34.5 Å². The second-order valence-corrected chi connectivity index (χ2v) is 7.92. The van der Waals surface area contributed by atoms with Gasteiger partial charge >= 0.3 is 12.0 Å². The molecule has 0 bridgehead atoms. The number of hydrogen-bond donors (Lipinski definition) is 2. The number of hydrogen-bond acceptors (Lipinski definition) is 3. The van der Waals surface area contributed by atoms with E-state index in [4.69, 9.17) is 0 Å². The van der Waals surface area contributed by atoms with Crippen LogP contribution in [0.4, 0.5) is 16.2 Å². The van der Waals surface area contributed by atoms with Gasteiger partial charge in [0.25, 0.3) is 0 Å². The lowest BCUT2D eigenvalue weighted by atomic mass is 9.90. The highest BCUT2D eigenvalue weighted by molar-refractivity contribution is 5.91. The number of amides is 2. The zero-order valence-electron chi connectivity index (χ0n) is 16.0. The summed E-state index contributed by atoms with van der Waals surface area (Å²) in [4.78, 5) is 28.1. The fraction of sp³-hybridized carbons (Fsp3) is 0.364. The number of benzene rings is 2. The summed E-state index contributed by atoms with van der Waals surface area (Å²) < 4.78 is 0. The molecule has 1 unspecified atom stereocenters. The molecule has 6 nitrogen and oxygen atoms in total. The second-order valence-electron chi connectivity index (χ2n) is 7.92. The molecule has 2 aromatic rings. The third-order valence-electron chi connectivity index (χ3n) is 5.88. The average molecular weight is 379 g/mol. The smallest absolute Gasteiger partial charge is 0.321 e. The van der Waals surface area contributed by atoms with Crippen LogP contribution < -0.4 is 10.2 Å². The van der Waals surface area contributed by atoms with Crippen molar-refractivity contribution in [3.63, 3.8) is 0 Å². The van der Waals surface area contributed by atoms with Crippen LogP contribution >= 0.6 is 0 Å². The van der Waals surface area contributed by atoms with Crippen LogP contribution in [0.1, 0.15) is 24.5 Å². The van der Waals surface area contributed by atoms with Crippen molar-refractivity contribution in [1.82, 2.24) is 4.90 Å². The van der Waals surface area contributed by atoms with Gasteiger partial charge in [-0.3, -0.25) is 4.79 Å². The third kappa shape index (κ3) is 3.42. The number of anilines is 2. The zero-order chi connectivity index (χ0) is 19.7. The van der Waals surface area contributed by atoms with Crippen LogP contribution in [0, 0.1) is 5.41 Å². The van der Waals surface area contributed by atoms with E-state index in [9.17, 15) is 14.7 Å². The van der Waals surface area contributed by atoms with E-state index in [-0.39, 0.29) is 12.6 Å². The number of carboxylic acids is 1. The van der Waals surface area contributed by atoms with E-state index in [1.807, 2.05) is 24.3 Å². The van der Waals surface area contributed by atoms with Crippen molar-refractivity contribution in [2.75, 3.05) is 29.9 Å². The van der Waals surface area contributed by atoms with Gasteiger partial charge in [-0.05, 0) is 43.0 Å². The number of rotatable bonds is 4. The van der Waals surface area contributed by atoms with Crippen molar-refractivity contribution in [2.24, 2.45) is 5.41 Å². The van der Waals surface area contributed by atoms with Crippen LogP contribution in [-0.4, -0.2) is 41.6 Å². The number of nitrogens with zero attached hydrogens (tertiary/aromatic N) is 2. The molecule has 146 valence electrons. The lowest BCUT2D eigenvalue weighted by Crippen LogP contribution is -2.37. The standard InChI is InChI=1S/C22H25N3O3/c1-22(20(26)27)11-13-25(15-22)21(28)23-18-8-4-2-7-17(18)14-24-12-10-16-6-3-5-9-19(16)24/h2-9H,10-15H2,1H3,(H,23,28)(H,26,27). The number of para-hydroxylation sites is 2. The molecule has 0 aliphatic carbocycles. The summed E-state index contributed by atoms with van der Waals surface area (Å²) in [5.74, 6) is -0.851. The third-order valence-corrected chi connectivity index (χ3v) is 5.88. The van der Waals surface area contributed by atoms with Crippen molar-refractivity contribution in [3.8, 4) is 0 Å². The molecule has 2 aromatic carbocycles. The summed E-state index contributed by atoms with van der Waals surface area (Å²) in [5, 5.41) is 12.4. The van der Waals surface area contributed by atoms with Crippen LogP contribution in [0.15, 0.2) is 48.5 Å². The minimum Gasteiger partial charge on any atom is -0.481 e. The van der Waals surface area contributed by atoms with Gasteiger partial charge in [-0.1, -0.05) is 36.4 Å². The molecule has 1 atom stereocenters. The van der Waals surface area contributed by atoms with Crippen molar-refractivity contribution >= 4 is 23.4 Å². The lowest BCUT2D eigenvalue weighted by Gasteiger charge is -2.23. The van der Waals surface area contributed by atoms with Gasteiger partial charge in [0.15, 0.2) is 0 Å². The molecule has 0 aromatic heterocycles. The van der Waals surface area contributed by atoms with Crippen molar-refractivity contribution < 1.29 is 14.7 Å². The van der Waals surface area contributed by atoms with Gasteiger partial charge in [0.2, 0.25) is 0 Å². The Bertz CT molecular complexity index is 913. The predicted molar refractivity (Wildman–Crippen MR) is 109 cm³/mol. The largest absolute Gasteiger partial charge is 0.481 e. The SMILES string of the molecule is CC1(C(=O)O)CCN(C(=O)Nc2ccccc2CN2CCc3ccccc32)C1. The highest BCUT2D eigenvalue weighted by Gasteiger charge is 2.42. The summed E-state index contributed by atoms with van der Waals surface area (Å²) in [6.07, 6.45) is 1.51. The summed E-state index contributed by atoms with van der Waals surface area (Å²) >= 11 is 0. The number of urea groups is 1. The second kappa shape index (κ2) is 7.19. The highest BCUT2D eigenvalue weighted by Crippen LogP contribution is 2.32. The number of likely N-dealkylation sites (tertiary alicyclic amines) is 1. The molecule has 2 N–H and O–H groups in total. The first-order chi connectivity index (χ1) is 13.5. The number of aliphatic carboxylic acids is 1. The topological polar surface area (TPSA) is 72.9 Å². The summed E-state index contributed by atoms with van der Waals surface area (Å²) in [7, 11) is 0. The number of carboxylic acid groups (broad SMARTS) is 1. The van der Waals surface area contributed by atoms with Crippen molar-refractivity contribution in [3.05, 3.63) is 59.7 Å². The van der Waals surface area contributed by atoms with Gasteiger partial charge in [0.1, 0.15) is 0 Å². The Hall–Kier alpha value is -3.02. The quantitative estimate of drug-likeness (QED) is 0.852. The van der Waals surface area contributed by atoms with Crippen molar-refractivity contribution in [2.45, 2.75) is 26.3 Å². The van der Waals surface area contributed by atoms with Crippen LogP contribution in [0.25, 0.3) is 0 Å². The summed E-state index contributed by atoms with van der Waals surface area (Å²) in [5.41, 5.74) is 3.57. The number of carbonyl (C=O) groups is 2. The number of nitrogens with one attached hydrogen (secondary N) is 1. The molecule has 0 spiro atoms. The van der Waals surface area contributed by atoms with Crippen LogP contribution in [-0.2, 0) is 17.8 Å². The first-order valence-electron chi connectivity index (χ1n) is 9.66. The maximum absolute atomic E-state index is 12.7. The van der Waals surface area contributed by atoms with Crippen LogP contribution in [0.2, 0.25) is 0 Å². The van der Waals surface area contributed by atoms with Gasteiger partial charge in [-0.15, -0.1) is 0 Å². The molecule has 0 saturated carbocycles. The molecule has 2 aliphatic heterocycles. The van der Waals surface area contributed by atoms with E-state index in [0.717, 1.165) is 30.8 Å². The maximum Gasteiger partial charge on any atom is 0.321 e. The number of carbonyl (C=O) groups excluding carboxylic acids is 1. The molecule has 2 aliphatic rings. The van der Waals surface area contributed by atoms with Gasteiger partial charge in [0.05, 0.1) is 5.41 Å². The molecular weight excluding hydrogens is 354 g/mol. The summed E-state index contributed by atoms with van der Waals surface area (Å²) in [6.45, 7) is 4.07. The molecule has 28 heavy (non-hydrogen) atoms. The Morgan fingerprint density at radius 2 is 1.86 bits per heavy atom. The Balaban J connectivity index is 1.47. The molecule has 2 heterocycles. The minimum atomic E-state index is -0.865. The van der Waals surface area contributed by atoms with E-state index in [1.165, 1.54) is 11.3 Å². The van der Waals surface area contributed by atoms with E-state index in [1.54, 1.807) is 11.8 Å². The lowest BCUT2D eigenvalue weighted by molar-refractivity contribution is -0.146. The van der Waals surface area contributed by atoms with Crippen LogP contribution in [0.5, 0.6) is 0 Å².